The van der Waals surface area contributed by atoms with Crippen molar-refractivity contribution in [3.8, 4) is 0 Å². The molecule has 0 unspecified atom stereocenters. The molecule has 0 aromatic heterocycles. The fourth-order valence-corrected chi connectivity index (χ4v) is 0.632. The van der Waals surface area contributed by atoms with Crippen LogP contribution in [-0.2, 0) is 4.79 Å². The van der Waals surface area contributed by atoms with Crippen LogP contribution < -0.4 is 5.32 Å². The zero-order valence-electron chi connectivity index (χ0n) is 6.71. The fourth-order valence-electron chi connectivity index (χ4n) is 0.632. The van der Waals surface area contributed by atoms with Crippen LogP contribution in [-0.4, -0.2) is 35.4 Å². The molecule has 0 radical (unpaired) electrons. The molecular weight excluding hydrogens is 146 g/mol. The number of amides is 1. The van der Waals surface area contributed by atoms with E-state index in [-0.39, 0.29) is 25.2 Å². The van der Waals surface area contributed by atoms with Gasteiger partial charge in [0, 0.05) is 19.1 Å². The summed E-state index contributed by atoms with van der Waals surface area (Å²) in [6, 6.07) is -0.193. The molecule has 3 N–H and O–H groups in total. The van der Waals surface area contributed by atoms with Crippen LogP contribution in [0.4, 0.5) is 0 Å². The van der Waals surface area contributed by atoms with Gasteiger partial charge in [-0.3, -0.25) is 4.79 Å². The molecular formula is C7H15NO3. The maximum Gasteiger partial charge on any atom is 0.220 e. The van der Waals surface area contributed by atoms with Crippen LogP contribution in [0.2, 0.25) is 0 Å². The van der Waals surface area contributed by atoms with E-state index in [2.05, 4.69) is 5.32 Å². The molecule has 0 saturated carbocycles. The first-order valence-electron chi connectivity index (χ1n) is 3.71. The lowest BCUT2D eigenvalue weighted by molar-refractivity contribution is -0.122. The van der Waals surface area contributed by atoms with Crippen molar-refractivity contribution in [3.05, 3.63) is 0 Å². The van der Waals surface area contributed by atoms with Crippen LogP contribution in [0.25, 0.3) is 0 Å². The molecule has 11 heavy (non-hydrogen) atoms. The molecule has 0 aliphatic heterocycles. The Morgan fingerprint density at radius 1 is 1.55 bits per heavy atom. The molecule has 0 rings (SSSR count). The van der Waals surface area contributed by atoms with E-state index in [1.54, 1.807) is 6.92 Å². The summed E-state index contributed by atoms with van der Waals surface area (Å²) in [4.78, 5) is 10.8. The summed E-state index contributed by atoms with van der Waals surface area (Å²) in [5.74, 6) is -0.124. The third-order valence-electron chi connectivity index (χ3n) is 1.24. The Morgan fingerprint density at radius 2 is 2.18 bits per heavy atom. The summed E-state index contributed by atoms with van der Waals surface area (Å²) in [5.41, 5.74) is 0. The minimum atomic E-state index is -0.193. The van der Waals surface area contributed by atoms with E-state index in [0.29, 0.717) is 12.8 Å². The molecule has 0 spiro atoms. The normalized spacial score (nSPS) is 12.6. The van der Waals surface area contributed by atoms with Crippen molar-refractivity contribution in [1.82, 2.24) is 5.32 Å². The van der Waals surface area contributed by atoms with Crippen molar-refractivity contribution in [2.24, 2.45) is 0 Å². The summed E-state index contributed by atoms with van der Waals surface area (Å²) in [6.07, 6.45) is 0.796. The average molecular weight is 161 g/mol. The minimum Gasteiger partial charge on any atom is -0.396 e. The minimum absolute atomic E-state index is 0.0287. The van der Waals surface area contributed by atoms with E-state index >= 15 is 0 Å². The zero-order valence-corrected chi connectivity index (χ0v) is 6.71. The third-order valence-corrected chi connectivity index (χ3v) is 1.24. The Balaban J connectivity index is 3.36. The number of hydrogen-bond acceptors (Lipinski definition) is 3. The van der Waals surface area contributed by atoms with Crippen molar-refractivity contribution in [2.45, 2.75) is 25.8 Å². The Kier molecular flexibility index (Phi) is 5.78. The van der Waals surface area contributed by atoms with Gasteiger partial charge in [0.25, 0.3) is 0 Å². The predicted molar refractivity (Wildman–Crippen MR) is 41.0 cm³/mol. The summed E-state index contributed by atoms with van der Waals surface area (Å²) >= 11 is 0. The van der Waals surface area contributed by atoms with Gasteiger partial charge in [-0.2, -0.15) is 0 Å². The lowest BCUT2D eigenvalue weighted by atomic mass is 10.3. The highest BCUT2D eigenvalue weighted by Crippen LogP contribution is 1.88. The van der Waals surface area contributed by atoms with Gasteiger partial charge in [0.2, 0.25) is 5.91 Å². The smallest absolute Gasteiger partial charge is 0.220 e. The van der Waals surface area contributed by atoms with Gasteiger partial charge in [-0.1, -0.05) is 0 Å². The highest BCUT2D eigenvalue weighted by atomic mass is 16.3. The molecule has 0 heterocycles. The maximum absolute atomic E-state index is 10.8. The van der Waals surface area contributed by atoms with Crippen molar-refractivity contribution >= 4 is 5.91 Å². The molecule has 1 amide bonds. The van der Waals surface area contributed by atoms with Gasteiger partial charge in [0.05, 0.1) is 6.61 Å². The fraction of sp³-hybridized carbons (Fsp3) is 0.857. The topological polar surface area (TPSA) is 69.6 Å². The van der Waals surface area contributed by atoms with Crippen molar-refractivity contribution in [2.75, 3.05) is 13.2 Å². The number of aliphatic hydroxyl groups excluding tert-OH is 2. The van der Waals surface area contributed by atoms with Crippen LogP contribution in [0.5, 0.6) is 0 Å². The molecule has 0 aliphatic carbocycles. The molecule has 1 atom stereocenters. The quantitative estimate of drug-likeness (QED) is 0.497. The number of carbonyl (C=O) groups excluding carboxylic acids is 1. The molecule has 0 saturated heterocycles. The van der Waals surface area contributed by atoms with Gasteiger partial charge >= 0.3 is 0 Å². The second-order valence-corrected chi connectivity index (χ2v) is 2.48. The van der Waals surface area contributed by atoms with E-state index in [9.17, 15) is 4.79 Å². The number of aliphatic hydroxyl groups is 2. The molecule has 0 fully saturated rings. The lowest BCUT2D eigenvalue weighted by Crippen LogP contribution is -2.34. The Hall–Kier alpha value is -0.610. The van der Waals surface area contributed by atoms with Crippen LogP contribution in [0, 0.1) is 0 Å². The van der Waals surface area contributed by atoms with Gasteiger partial charge in [0.1, 0.15) is 0 Å². The van der Waals surface area contributed by atoms with Crippen LogP contribution in [0.1, 0.15) is 19.8 Å². The lowest BCUT2D eigenvalue weighted by Gasteiger charge is -2.09. The second-order valence-electron chi connectivity index (χ2n) is 2.48. The van der Waals surface area contributed by atoms with E-state index in [1.165, 1.54) is 0 Å². The summed E-state index contributed by atoms with van der Waals surface area (Å²) < 4.78 is 0. The van der Waals surface area contributed by atoms with Gasteiger partial charge < -0.3 is 15.5 Å². The van der Waals surface area contributed by atoms with E-state index < -0.39 is 0 Å². The molecule has 0 bridgehead atoms. The zero-order chi connectivity index (χ0) is 8.69. The molecule has 0 aliphatic rings. The highest BCUT2D eigenvalue weighted by molar-refractivity contribution is 5.76. The first-order chi connectivity index (χ1) is 5.20. The van der Waals surface area contributed by atoms with E-state index in [0.717, 1.165) is 0 Å². The van der Waals surface area contributed by atoms with Crippen molar-refractivity contribution < 1.29 is 15.0 Å². The predicted octanol–water partition coefficient (Wildman–Crippen LogP) is -0.744. The number of carbonyl (C=O) groups is 1. The van der Waals surface area contributed by atoms with Crippen molar-refractivity contribution in [1.29, 1.82) is 0 Å². The first kappa shape index (κ1) is 10.4. The van der Waals surface area contributed by atoms with Gasteiger partial charge in [-0.05, 0) is 13.3 Å². The standard InChI is InChI=1S/C7H15NO3/c1-6(5-10)8-7(11)3-2-4-9/h6,9-10H,2-5H2,1H3,(H,8,11)/t6-/m1/s1. The van der Waals surface area contributed by atoms with Crippen LogP contribution >= 0.6 is 0 Å². The summed E-state index contributed by atoms with van der Waals surface area (Å²) in [6.45, 7) is 1.70. The second kappa shape index (κ2) is 6.12. The molecule has 4 heteroatoms. The van der Waals surface area contributed by atoms with Gasteiger partial charge in [-0.25, -0.2) is 0 Å². The average Bonchev–Trinajstić information content (AvgIpc) is 2.00. The molecule has 66 valence electrons. The van der Waals surface area contributed by atoms with Gasteiger partial charge in [-0.15, -0.1) is 0 Å². The first-order valence-corrected chi connectivity index (χ1v) is 3.71. The molecule has 0 aromatic rings. The molecule has 4 nitrogen and oxygen atoms in total. The largest absolute Gasteiger partial charge is 0.396 e. The summed E-state index contributed by atoms with van der Waals surface area (Å²) in [5, 5.41) is 19.5. The summed E-state index contributed by atoms with van der Waals surface area (Å²) in [7, 11) is 0. The number of hydrogen-bond donors (Lipinski definition) is 3. The SMILES string of the molecule is C[C@H](CO)NC(=O)CCCO. The Labute approximate surface area is 66.2 Å². The Morgan fingerprint density at radius 3 is 2.64 bits per heavy atom. The van der Waals surface area contributed by atoms with Crippen molar-refractivity contribution in [3.63, 3.8) is 0 Å². The van der Waals surface area contributed by atoms with Crippen LogP contribution in [0.3, 0.4) is 0 Å². The maximum atomic E-state index is 10.8. The Bertz CT molecular complexity index is 116. The monoisotopic (exact) mass is 161 g/mol. The van der Waals surface area contributed by atoms with E-state index in [4.69, 9.17) is 10.2 Å². The number of rotatable bonds is 5. The van der Waals surface area contributed by atoms with Gasteiger partial charge in [0.15, 0.2) is 0 Å². The number of nitrogens with one attached hydrogen (secondary N) is 1. The highest BCUT2D eigenvalue weighted by Gasteiger charge is 2.04. The van der Waals surface area contributed by atoms with Crippen LogP contribution in [0.15, 0.2) is 0 Å². The molecule has 0 aromatic carbocycles. The van der Waals surface area contributed by atoms with E-state index in [1.807, 2.05) is 0 Å². The third kappa shape index (κ3) is 5.82.